The summed E-state index contributed by atoms with van der Waals surface area (Å²) in [6.45, 7) is 8.14. The zero-order chi connectivity index (χ0) is 13.2. The standard InChI is InChI=1S/C12H20Br2N2O/c1-12(2,3)7-16(4)9(6-15)10-5-8(13)11(14)17-10/h5,9H,6-7,15H2,1-4H3. The second-order valence-electron chi connectivity index (χ2n) is 5.50. The normalized spacial score (nSPS) is 14.4. The maximum Gasteiger partial charge on any atom is 0.183 e. The Hall–Kier alpha value is 0.160. The van der Waals surface area contributed by atoms with Gasteiger partial charge >= 0.3 is 0 Å². The highest BCUT2D eigenvalue weighted by atomic mass is 79.9. The summed E-state index contributed by atoms with van der Waals surface area (Å²) < 4.78 is 7.29. The van der Waals surface area contributed by atoms with Crippen LogP contribution in [0, 0.1) is 5.41 Å². The van der Waals surface area contributed by atoms with E-state index in [1.165, 1.54) is 0 Å². The van der Waals surface area contributed by atoms with Gasteiger partial charge in [0.1, 0.15) is 5.76 Å². The lowest BCUT2D eigenvalue weighted by molar-refractivity contribution is 0.158. The Balaban J connectivity index is 2.84. The van der Waals surface area contributed by atoms with E-state index in [-0.39, 0.29) is 11.5 Å². The van der Waals surface area contributed by atoms with Crippen LogP contribution in [0.3, 0.4) is 0 Å². The maximum atomic E-state index is 5.85. The second kappa shape index (κ2) is 5.87. The van der Waals surface area contributed by atoms with Crippen molar-refractivity contribution in [3.8, 4) is 0 Å². The van der Waals surface area contributed by atoms with Crippen molar-refractivity contribution in [1.29, 1.82) is 0 Å². The lowest BCUT2D eigenvalue weighted by atomic mass is 9.95. The van der Waals surface area contributed by atoms with E-state index in [1.807, 2.05) is 6.07 Å². The van der Waals surface area contributed by atoms with E-state index in [4.69, 9.17) is 10.2 Å². The number of halogens is 2. The van der Waals surface area contributed by atoms with Crippen LogP contribution in [-0.2, 0) is 0 Å². The van der Waals surface area contributed by atoms with Crippen LogP contribution in [0.5, 0.6) is 0 Å². The van der Waals surface area contributed by atoms with Crippen molar-refractivity contribution in [2.75, 3.05) is 20.1 Å². The molecule has 1 atom stereocenters. The third kappa shape index (κ3) is 4.39. The summed E-state index contributed by atoms with van der Waals surface area (Å²) in [6, 6.07) is 2.08. The minimum Gasteiger partial charge on any atom is -0.451 e. The number of furan rings is 1. The fraction of sp³-hybridized carbons (Fsp3) is 0.667. The third-order valence-corrected chi connectivity index (χ3v) is 4.18. The summed E-state index contributed by atoms with van der Waals surface area (Å²) in [5.41, 5.74) is 6.09. The van der Waals surface area contributed by atoms with E-state index >= 15 is 0 Å². The Labute approximate surface area is 120 Å². The van der Waals surface area contributed by atoms with Gasteiger partial charge in [-0.05, 0) is 50.4 Å². The summed E-state index contributed by atoms with van der Waals surface area (Å²) in [5.74, 6) is 0.887. The quantitative estimate of drug-likeness (QED) is 0.880. The van der Waals surface area contributed by atoms with Gasteiger partial charge in [-0.1, -0.05) is 20.8 Å². The molecule has 0 fully saturated rings. The van der Waals surface area contributed by atoms with Crippen LogP contribution < -0.4 is 5.73 Å². The van der Waals surface area contributed by atoms with Crippen LogP contribution in [0.25, 0.3) is 0 Å². The van der Waals surface area contributed by atoms with Crippen LogP contribution >= 0.6 is 31.9 Å². The van der Waals surface area contributed by atoms with Gasteiger partial charge in [-0.25, -0.2) is 0 Å². The molecule has 0 aromatic carbocycles. The molecule has 1 rings (SSSR count). The van der Waals surface area contributed by atoms with Gasteiger partial charge in [0.05, 0.1) is 10.5 Å². The van der Waals surface area contributed by atoms with Crippen molar-refractivity contribution < 1.29 is 4.42 Å². The molecule has 0 saturated heterocycles. The lowest BCUT2D eigenvalue weighted by Gasteiger charge is -2.31. The number of likely N-dealkylation sites (N-methyl/N-ethyl adjacent to an activating group) is 1. The molecule has 1 aromatic rings. The van der Waals surface area contributed by atoms with Crippen molar-refractivity contribution in [1.82, 2.24) is 4.90 Å². The first-order valence-electron chi connectivity index (χ1n) is 5.59. The maximum absolute atomic E-state index is 5.85. The Bertz CT molecular complexity index is 352. The van der Waals surface area contributed by atoms with Gasteiger partial charge in [-0.3, -0.25) is 4.90 Å². The van der Waals surface area contributed by atoms with E-state index in [0.717, 1.165) is 21.4 Å². The highest BCUT2D eigenvalue weighted by molar-refractivity contribution is 9.13. The molecule has 17 heavy (non-hydrogen) atoms. The van der Waals surface area contributed by atoms with Gasteiger partial charge in [0, 0.05) is 13.1 Å². The van der Waals surface area contributed by atoms with E-state index in [0.29, 0.717) is 6.54 Å². The first-order valence-corrected chi connectivity index (χ1v) is 7.18. The van der Waals surface area contributed by atoms with Crippen LogP contribution in [0.2, 0.25) is 0 Å². The number of hydrogen-bond donors (Lipinski definition) is 1. The second-order valence-corrected chi connectivity index (χ2v) is 7.07. The Kier molecular flexibility index (Phi) is 5.25. The van der Waals surface area contributed by atoms with Crippen molar-refractivity contribution in [2.24, 2.45) is 11.1 Å². The average molecular weight is 368 g/mol. The molecular weight excluding hydrogens is 348 g/mol. The van der Waals surface area contributed by atoms with Gasteiger partial charge in [0.15, 0.2) is 4.67 Å². The third-order valence-electron chi connectivity index (χ3n) is 2.47. The van der Waals surface area contributed by atoms with Crippen molar-refractivity contribution >= 4 is 31.9 Å². The molecular formula is C12H20Br2N2O. The van der Waals surface area contributed by atoms with Crippen LogP contribution in [-0.4, -0.2) is 25.0 Å². The largest absolute Gasteiger partial charge is 0.451 e. The zero-order valence-corrected chi connectivity index (χ0v) is 13.9. The molecule has 0 aliphatic heterocycles. The molecule has 1 unspecified atom stereocenters. The van der Waals surface area contributed by atoms with E-state index in [2.05, 4.69) is 64.6 Å². The fourth-order valence-electron chi connectivity index (χ4n) is 1.90. The van der Waals surface area contributed by atoms with Gasteiger partial charge < -0.3 is 10.2 Å². The minimum atomic E-state index is 0.108. The van der Waals surface area contributed by atoms with Gasteiger partial charge in [-0.2, -0.15) is 0 Å². The molecule has 2 N–H and O–H groups in total. The van der Waals surface area contributed by atoms with E-state index in [1.54, 1.807) is 0 Å². The van der Waals surface area contributed by atoms with Gasteiger partial charge in [0.25, 0.3) is 0 Å². The SMILES string of the molecule is CN(CC(C)(C)C)C(CN)c1cc(Br)c(Br)o1. The minimum absolute atomic E-state index is 0.108. The molecule has 0 spiro atoms. The molecule has 0 radical (unpaired) electrons. The molecule has 0 saturated carbocycles. The first kappa shape index (κ1) is 15.2. The van der Waals surface area contributed by atoms with Crippen molar-refractivity contribution in [3.05, 3.63) is 21.0 Å². The molecule has 0 bridgehead atoms. The highest BCUT2D eigenvalue weighted by Gasteiger charge is 2.24. The van der Waals surface area contributed by atoms with E-state index < -0.39 is 0 Å². The Morgan fingerprint density at radius 2 is 2.00 bits per heavy atom. The Morgan fingerprint density at radius 3 is 2.35 bits per heavy atom. The monoisotopic (exact) mass is 366 g/mol. The molecule has 0 amide bonds. The number of rotatable bonds is 4. The van der Waals surface area contributed by atoms with Gasteiger partial charge in [0.2, 0.25) is 0 Å². The molecule has 3 nitrogen and oxygen atoms in total. The lowest BCUT2D eigenvalue weighted by Crippen LogP contribution is -2.36. The van der Waals surface area contributed by atoms with Gasteiger partial charge in [-0.15, -0.1) is 0 Å². The summed E-state index contributed by atoms with van der Waals surface area (Å²) in [5, 5.41) is 0. The first-order chi connectivity index (χ1) is 7.74. The predicted octanol–water partition coefficient (Wildman–Crippen LogP) is 3.78. The molecule has 0 aliphatic rings. The molecule has 5 heteroatoms. The number of nitrogens with zero attached hydrogens (tertiary/aromatic N) is 1. The predicted molar refractivity (Wildman–Crippen MR) is 78.0 cm³/mol. The fourth-order valence-corrected chi connectivity index (χ4v) is 2.51. The zero-order valence-electron chi connectivity index (χ0n) is 10.8. The highest BCUT2D eigenvalue weighted by Crippen LogP contribution is 2.32. The van der Waals surface area contributed by atoms with Crippen LogP contribution in [0.4, 0.5) is 0 Å². The summed E-state index contributed by atoms with van der Waals surface area (Å²) in [6.07, 6.45) is 0. The summed E-state index contributed by atoms with van der Waals surface area (Å²) >= 11 is 6.78. The molecule has 0 aliphatic carbocycles. The molecule has 1 aromatic heterocycles. The summed E-state index contributed by atoms with van der Waals surface area (Å²) in [4.78, 5) is 2.23. The van der Waals surface area contributed by atoms with Crippen LogP contribution in [0.15, 0.2) is 19.6 Å². The number of hydrogen-bond acceptors (Lipinski definition) is 3. The average Bonchev–Trinajstić information content (AvgIpc) is 2.44. The molecule has 1 heterocycles. The topological polar surface area (TPSA) is 42.4 Å². The van der Waals surface area contributed by atoms with Crippen molar-refractivity contribution in [3.63, 3.8) is 0 Å². The summed E-state index contributed by atoms with van der Waals surface area (Å²) in [7, 11) is 2.08. The number of nitrogens with two attached hydrogens (primary N) is 1. The van der Waals surface area contributed by atoms with Crippen LogP contribution in [0.1, 0.15) is 32.6 Å². The smallest absolute Gasteiger partial charge is 0.183 e. The van der Waals surface area contributed by atoms with Crippen molar-refractivity contribution in [2.45, 2.75) is 26.8 Å². The Morgan fingerprint density at radius 1 is 1.41 bits per heavy atom. The van der Waals surface area contributed by atoms with E-state index in [9.17, 15) is 0 Å². The molecule has 98 valence electrons.